The second kappa shape index (κ2) is 6.32. The maximum Gasteiger partial charge on any atom is 0.212 e. The van der Waals surface area contributed by atoms with Crippen molar-refractivity contribution < 1.29 is 8.42 Å². The van der Waals surface area contributed by atoms with Crippen LogP contribution < -0.4 is 10.0 Å². The minimum atomic E-state index is -3.09. The Morgan fingerprint density at radius 2 is 2.00 bits per heavy atom. The van der Waals surface area contributed by atoms with Crippen molar-refractivity contribution in [1.29, 1.82) is 0 Å². The van der Waals surface area contributed by atoms with E-state index < -0.39 is 10.0 Å². The first-order valence-electron chi connectivity index (χ1n) is 6.97. The van der Waals surface area contributed by atoms with Gasteiger partial charge in [-0.15, -0.1) is 0 Å². The van der Waals surface area contributed by atoms with Crippen LogP contribution in [0.2, 0.25) is 0 Å². The summed E-state index contributed by atoms with van der Waals surface area (Å²) in [5, 5.41) is 3.26. The molecule has 18 heavy (non-hydrogen) atoms. The number of nitrogens with one attached hydrogen (secondary N) is 2. The highest BCUT2D eigenvalue weighted by Crippen LogP contribution is 2.36. The highest BCUT2D eigenvalue weighted by atomic mass is 32.2. The second-order valence-corrected chi connectivity index (χ2v) is 7.50. The van der Waals surface area contributed by atoms with E-state index >= 15 is 0 Å². The van der Waals surface area contributed by atoms with Crippen molar-refractivity contribution in [3.8, 4) is 0 Å². The number of rotatable bonds is 7. The third kappa shape index (κ3) is 4.84. The molecule has 1 unspecified atom stereocenters. The fraction of sp³-hybridized carbons (Fsp3) is 1.00. The first kappa shape index (κ1) is 14.2. The van der Waals surface area contributed by atoms with Gasteiger partial charge in [-0.05, 0) is 24.7 Å². The van der Waals surface area contributed by atoms with Gasteiger partial charge in [0.05, 0.1) is 5.75 Å². The summed E-state index contributed by atoms with van der Waals surface area (Å²) in [4.78, 5) is 2.21. The maximum atomic E-state index is 11.9. The van der Waals surface area contributed by atoms with Crippen LogP contribution in [0.5, 0.6) is 0 Å². The summed E-state index contributed by atoms with van der Waals surface area (Å²) in [6.07, 6.45) is 2.54. The van der Waals surface area contributed by atoms with Crippen molar-refractivity contribution in [3.63, 3.8) is 0 Å². The van der Waals surface area contributed by atoms with Crippen LogP contribution in [0.25, 0.3) is 0 Å². The molecule has 1 atom stereocenters. The Morgan fingerprint density at radius 3 is 2.61 bits per heavy atom. The van der Waals surface area contributed by atoms with Gasteiger partial charge in [0.15, 0.2) is 0 Å². The summed E-state index contributed by atoms with van der Waals surface area (Å²) in [5.41, 5.74) is 0. The molecule has 1 aliphatic carbocycles. The average molecular weight is 275 g/mol. The highest BCUT2D eigenvalue weighted by molar-refractivity contribution is 7.89. The fourth-order valence-electron chi connectivity index (χ4n) is 2.35. The van der Waals surface area contributed by atoms with E-state index in [1.165, 1.54) is 12.8 Å². The van der Waals surface area contributed by atoms with Crippen molar-refractivity contribution in [2.24, 2.45) is 11.8 Å². The Bertz CT molecular complexity index is 348. The number of sulfonamides is 1. The number of hydrogen-bond acceptors (Lipinski definition) is 4. The van der Waals surface area contributed by atoms with Crippen molar-refractivity contribution >= 4 is 10.0 Å². The standard InChI is InChI=1S/C12H25N3O2S/c1-11(12-2-3-12)10-14-18(16,17)9-8-15-6-4-13-5-7-15/h11-14H,2-10H2,1H3. The average Bonchev–Trinajstić information content (AvgIpc) is 3.19. The molecule has 2 fully saturated rings. The predicted octanol–water partition coefficient (Wildman–Crippen LogP) is -0.143. The van der Waals surface area contributed by atoms with Crippen LogP contribution in [0.3, 0.4) is 0 Å². The maximum absolute atomic E-state index is 11.9. The number of hydrogen-bond donors (Lipinski definition) is 2. The molecular formula is C12H25N3O2S. The molecule has 0 amide bonds. The first-order valence-corrected chi connectivity index (χ1v) is 8.62. The Kier molecular flexibility index (Phi) is 5.00. The highest BCUT2D eigenvalue weighted by Gasteiger charge is 2.28. The molecule has 1 saturated heterocycles. The molecule has 1 heterocycles. The summed E-state index contributed by atoms with van der Waals surface area (Å²) in [6, 6.07) is 0. The SMILES string of the molecule is CC(CNS(=O)(=O)CCN1CCNCC1)C1CC1. The monoisotopic (exact) mass is 275 g/mol. The zero-order valence-electron chi connectivity index (χ0n) is 11.2. The van der Waals surface area contributed by atoms with E-state index in [9.17, 15) is 8.42 Å². The Morgan fingerprint density at radius 1 is 1.33 bits per heavy atom. The summed E-state index contributed by atoms with van der Waals surface area (Å²) < 4.78 is 26.5. The van der Waals surface area contributed by atoms with Gasteiger partial charge in [-0.2, -0.15) is 0 Å². The summed E-state index contributed by atoms with van der Waals surface area (Å²) >= 11 is 0. The Balaban J connectivity index is 1.65. The third-order valence-electron chi connectivity index (χ3n) is 3.94. The molecule has 0 aromatic heterocycles. The molecule has 0 bridgehead atoms. The minimum Gasteiger partial charge on any atom is -0.314 e. The Hall–Kier alpha value is -0.170. The van der Waals surface area contributed by atoms with Crippen LogP contribution in [0.4, 0.5) is 0 Å². The fourth-order valence-corrected chi connectivity index (χ4v) is 3.51. The first-order chi connectivity index (χ1) is 8.57. The van der Waals surface area contributed by atoms with Crippen molar-refractivity contribution in [2.75, 3.05) is 45.0 Å². The molecule has 2 rings (SSSR count). The van der Waals surface area contributed by atoms with Crippen molar-refractivity contribution in [1.82, 2.24) is 14.9 Å². The molecule has 0 aromatic carbocycles. The van der Waals surface area contributed by atoms with Gasteiger partial charge in [-0.3, -0.25) is 4.90 Å². The summed E-state index contributed by atoms with van der Waals surface area (Å²) in [7, 11) is -3.09. The van der Waals surface area contributed by atoms with E-state index in [2.05, 4.69) is 21.9 Å². The smallest absolute Gasteiger partial charge is 0.212 e. The molecule has 0 spiro atoms. The van der Waals surface area contributed by atoms with E-state index in [0.29, 0.717) is 19.0 Å². The Labute approximate surface area is 110 Å². The number of piperazine rings is 1. The van der Waals surface area contributed by atoms with Crippen LogP contribution >= 0.6 is 0 Å². The van der Waals surface area contributed by atoms with Gasteiger partial charge in [-0.1, -0.05) is 6.92 Å². The van der Waals surface area contributed by atoms with E-state index in [-0.39, 0.29) is 5.75 Å². The lowest BCUT2D eigenvalue weighted by Gasteiger charge is -2.27. The summed E-state index contributed by atoms with van der Waals surface area (Å²) in [6.45, 7) is 7.22. The molecule has 5 nitrogen and oxygen atoms in total. The van der Waals surface area contributed by atoms with Crippen molar-refractivity contribution in [2.45, 2.75) is 19.8 Å². The van der Waals surface area contributed by atoms with E-state index in [4.69, 9.17) is 0 Å². The second-order valence-electron chi connectivity index (χ2n) is 5.57. The lowest BCUT2D eigenvalue weighted by molar-refractivity contribution is 0.253. The topological polar surface area (TPSA) is 61.4 Å². The predicted molar refractivity (Wildman–Crippen MR) is 73.0 cm³/mol. The van der Waals surface area contributed by atoms with Gasteiger partial charge >= 0.3 is 0 Å². The van der Waals surface area contributed by atoms with Crippen LogP contribution in [-0.4, -0.2) is 58.3 Å². The van der Waals surface area contributed by atoms with Gasteiger partial charge in [0.1, 0.15) is 0 Å². The van der Waals surface area contributed by atoms with E-state index in [1.807, 2.05) is 0 Å². The normalized spacial score (nSPS) is 24.1. The quantitative estimate of drug-likeness (QED) is 0.679. The van der Waals surface area contributed by atoms with Crippen molar-refractivity contribution in [3.05, 3.63) is 0 Å². The molecule has 2 aliphatic rings. The van der Waals surface area contributed by atoms with Gasteiger partial charge < -0.3 is 5.32 Å². The zero-order valence-corrected chi connectivity index (χ0v) is 12.0. The third-order valence-corrected chi connectivity index (χ3v) is 5.26. The van der Waals surface area contributed by atoms with Gasteiger partial charge in [0.25, 0.3) is 0 Å². The van der Waals surface area contributed by atoms with Crippen LogP contribution in [0, 0.1) is 11.8 Å². The molecule has 0 radical (unpaired) electrons. The lowest BCUT2D eigenvalue weighted by Crippen LogP contribution is -2.46. The van der Waals surface area contributed by atoms with Crippen LogP contribution in [0.15, 0.2) is 0 Å². The number of nitrogens with zero attached hydrogens (tertiary/aromatic N) is 1. The van der Waals surface area contributed by atoms with Crippen LogP contribution in [-0.2, 0) is 10.0 Å². The molecular weight excluding hydrogens is 250 g/mol. The summed E-state index contributed by atoms with van der Waals surface area (Å²) in [5.74, 6) is 1.46. The molecule has 6 heteroatoms. The largest absolute Gasteiger partial charge is 0.314 e. The van der Waals surface area contributed by atoms with Crippen LogP contribution in [0.1, 0.15) is 19.8 Å². The zero-order chi connectivity index (χ0) is 13.0. The van der Waals surface area contributed by atoms with Gasteiger partial charge in [0, 0.05) is 39.3 Å². The molecule has 1 aliphatic heterocycles. The van der Waals surface area contributed by atoms with Gasteiger partial charge in [0.2, 0.25) is 10.0 Å². The minimum absolute atomic E-state index is 0.227. The lowest BCUT2D eigenvalue weighted by atomic mass is 10.1. The van der Waals surface area contributed by atoms with Gasteiger partial charge in [-0.25, -0.2) is 13.1 Å². The molecule has 106 valence electrons. The molecule has 2 N–H and O–H groups in total. The van der Waals surface area contributed by atoms with E-state index in [0.717, 1.165) is 32.1 Å². The van der Waals surface area contributed by atoms with E-state index in [1.54, 1.807) is 0 Å². The molecule has 0 aromatic rings. The molecule has 1 saturated carbocycles.